The van der Waals surface area contributed by atoms with Crippen LogP contribution < -0.4 is 16.4 Å². The molecule has 1 fully saturated rings. The van der Waals surface area contributed by atoms with Gasteiger partial charge in [-0.1, -0.05) is 26.7 Å². The van der Waals surface area contributed by atoms with E-state index in [1.54, 1.807) is 0 Å². The number of aliphatic hydroxyl groups excluding tert-OH is 1. The van der Waals surface area contributed by atoms with Crippen LogP contribution in [0.4, 0.5) is 4.79 Å². The molecule has 1 aliphatic rings. The highest BCUT2D eigenvalue weighted by Gasteiger charge is 2.32. The Labute approximate surface area is 114 Å². The quantitative estimate of drug-likeness (QED) is 0.560. The fraction of sp³-hybridized carbons (Fsp3) is 0.846. The lowest BCUT2D eigenvalue weighted by molar-refractivity contribution is -0.125. The van der Waals surface area contributed by atoms with Crippen molar-refractivity contribution >= 4 is 11.9 Å². The van der Waals surface area contributed by atoms with E-state index >= 15 is 0 Å². The zero-order chi connectivity index (χ0) is 14.4. The summed E-state index contributed by atoms with van der Waals surface area (Å²) >= 11 is 0. The zero-order valence-electron chi connectivity index (χ0n) is 11.7. The molecule has 5 N–H and O–H groups in total. The second-order valence-corrected chi connectivity index (χ2v) is 5.36. The number of nitrogens with two attached hydrogens (primary N) is 1. The van der Waals surface area contributed by atoms with E-state index in [0.717, 1.165) is 25.7 Å². The normalized spacial score (nSPS) is 25.6. The van der Waals surface area contributed by atoms with Crippen LogP contribution in [0.25, 0.3) is 0 Å². The molecule has 4 unspecified atom stereocenters. The van der Waals surface area contributed by atoms with E-state index in [-0.39, 0.29) is 30.4 Å². The monoisotopic (exact) mass is 271 g/mol. The van der Waals surface area contributed by atoms with Gasteiger partial charge in [-0.3, -0.25) is 4.79 Å². The number of hydrogen-bond acceptors (Lipinski definition) is 3. The second-order valence-electron chi connectivity index (χ2n) is 5.36. The van der Waals surface area contributed by atoms with E-state index in [2.05, 4.69) is 10.6 Å². The molecule has 0 saturated heterocycles. The largest absolute Gasteiger partial charge is 0.396 e. The third-order valence-corrected chi connectivity index (χ3v) is 4.01. The molecule has 3 amide bonds. The van der Waals surface area contributed by atoms with E-state index in [1.807, 2.05) is 13.8 Å². The van der Waals surface area contributed by atoms with Crippen LogP contribution in [0.2, 0.25) is 0 Å². The number of primary amides is 1. The van der Waals surface area contributed by atoms with Gasteiger partial charge in [-0.25, -0.2) is 4.79 Å². The average Bonchev–Trinajstić information content (AvgIpc) is 2.81. The molecular weight excluding hydrogens is 246 g/mol. The molecule has 0 aromatic carbocycles. The van der Waals surface area contributed by atoms with Crippen LogP contribution in [-0.4, -0.2) is 35.7 Å². The summed E-state index contributed by atoms with van der Waals surface area (Å²) in [6.07, 6.45) is 3.58. The molecular formula is C13H25N3O3. The summed E-state index contributed by atoms with van der Waals surface area (Å²) in [5, 5.41) is 14.7. The van der Waals surface area contributed by atoms with Crippen LogP contribution in [-0.2, 0) is 4.79 Å². The number of urea groups is 1. The summed E-state index contributed by atoms with van der Waals surface area (Å²) < 4.78 is 0. The standard InChI is InChI=1S/C13H25N3O3/c1-3-8(2)11(16-13(14)19)12(18)15-10-6-4-5-9(10)7-17/h8-11,17H,3-7H2,1-2H3,(H,15,18)(H3,14,16,19). The molecule has 0 aromatic rings. The van der Waals surface area contributed by atoms with E-state index in [1.165, 1.54) is 0 Å². The Kier molecular flexibility index (Phi) is 6.08. The smallest absolute Gasteiger partial charge is 0.312 e. The molecule has 110 valence electrons. The maximum Gasteiger partial charge on any atom is 0.312 e. The van der Waals surface area contributed by atoms with Crippen LogP contribution in [0.15, 0.2) is 0 Å². The Balaban J connectivity index is 2.63. The zero-order valence-corrected chi connectivity index (χ0v) is 11.7. The summed E-state index contributed by atoms with van der Waals surface area (Å²) in [5.41, 5.74) is 5.12. The van der Waals surface area contributed by atoms with Gasteiger partial charge in [0.05, 0.1) is 0 Å². The molecule has 0 aromatic heterocycles. The van der Waals surface area contributed by atoms with Crippen molar-refractivity contribution in [1.82, 2.24) is 10.6 Å². The Hall–Kier alpha value is -1.30. The lowest BCUT2D eigenvalue weighted by Gasteiger charge is -2.26. The summed E-state index contributed by atoms with van der Waals surface area (Å²) in [7, 11) is 0. The molecule has 4 atom stereocenters. The van der Waals surface area contributed by atoms with Gasteiger partial charge in [-0.15, -0.1) is 0 Å². The maximum absolute atomic E-state index is 12.2. The first-order valence-electron chi connectivity index (χ1n) is 6.96. The minimum absolute atomic E-state index is 0.00117. The topological polar surface area (TPSA) is 104 Å². The van der Waals surface area contributed by atoms with Crippen LogP contribution in [0.1, 0.15) is 39.5 Å². The summed E-state index contributed by atoms with van der Waals surface area (Å²) in [4.78, 5) is 23.2. The molecule has 1 aliphatic carbocycles. The third-order valence-electron chi connectivity index (χ3n) is 4.01. The van der Waals surface area contributed by atoms with Crippen molar-refractivity contribution in [2.75, 3.05) is 6.61 Å². The molecule has 0 radical (unpaired) electrons. The highest BCUT2D eigenvalue weighted by atomic mass is 16.3. The second kappa shape index (κ2) is 7.33. The Morgan fingerprint density at radius 1 is 1.42 bits per heavy atom. The van der Waals surface area contributed by atoms with Crippen molar-refractivity contribution in [3.05, 3.63) is 0 Å². The van der Waals surface area contributed by atoms with Gasteiger partial charge >= 0.3 is 6.03 Å². The van der Waals surface area contributed by atoms with Gasteiger partial charge in [0.2, 0.25) is 5.91 Å². The number of amides is 3. The van der Waals surface area contributed by atoms with E-state index in [0.29, 0.717) is 0 Å². The Morgan fingerprint density at radius 3 is 2.63 bits per heavy atom. The van der Waals surface area contributed by atoms with Gasteiger partial charge < -0.3 is 21.5 Å². The van der Waals surface area contributed by atoms with Crippen molar-refractivity contribution in [3.8, 4) is 0 Å². The van der Waals surface area contributed by atoms with Crippen LogP contribution in [0, 0.1) is 11.8 Å². The van der Waals surface area contributed by atoms with Crippen molar-refractivity contribution < 1.29 is 14.7 Å². The fourth-order valence-corrected chi connectivity index (χ4v) is 2.57. The fourth-order valence-electron chi connectivity index (χ4n) is 2.57. The van der Waals surface area contributed by atoms with Gasteiger partial charge in [0.25, 0.3) is 0 Å². The van der Waals surface area contributed by atoms with Gasteiger partial charge in [-0.2, -0.15) is 0 Å². The summed E-state index contributed by atoms with van der Waals surface area (Å²) in [6, 6.07) is -1.30. The number of carbonyl (C=O) groups is 2. The Bertz CT molecular complexity index is 322. The first-order valence-corrected chi connectivity index (χ1v) is 6.96. The van der Waals surface area contributed by atoms with Crippen molar-refractivity contribution in [1.29, 1.82) is 0 Å². The number of nitrogens with one attached hydrogen (secondary N) is 2. The highest BCUT2D eigenvalue weighted by Crippen LogP contribution is 2.25. The molecule has 6 nitrogen and oxygen atoms in total. The number of aliphatic hydroxyl groups is 1. The van der Waals surface area contributed by atoms with Crippen molar-refractivity contribution in [2.24, 2.45) is 17.6 Å². The van der Waals surface area contributed by atoms with E-state index < -0.39 is 12.1 Å². The Morgan fingerprint density at radius 2 is 2.11 bits per heavy atom. The minimum atomic E-state index is -0.689. The van der Waals surface area contributed by atoms with Gasteiger partial charge in [0, 0.05) is 18.6 Å². The molecule has 6 heteroatoms. The SMILES string of the molecule is CCC(C)C(NC(N)=O)C(=O)NC1CCCC1CO. The molecule has 0 heterocycles. The third kappa shape index (κ3) is 4.38. The molecule has 19 heavy (non-hydrogen) atoms. The summed E-state index contributed by atoms with van der Waals surface area (Å²) in [6.45, 7) is 3.94. The van der Waals surface area contributed by atoms with Gasteiger partial charge in [0.1, 0.15) is 6.04 Å². The molecule has 0 spiro atoms. The van der Waals surface area contributed by atoms with Crippen LogP contribution >= 0.6 is 0 Å². The van der Waals surface area contributed by atoms with Crippen molar-refractivity contribution in [3.63, 3.8) is 0 Å². The highest BCUT2D eigenvalue weighted by molar-refractivity contribution is 5.87. The lowest BCUT2D eigenvalue weighted by atomic mass is 9.97. The number of rotatable bonds is 6. The first-order chi connectivity index (χ1) is 8.99. The predicted molar refractivity (Wildman–Crippen MR) is 72.3 cm³/mol. The molecule has 1 saturated carbocycles. The molecule has 0 aliphatic heterocycles. The maximum atomic E-state index is 12.2. The van der Waals surface area contributed by atoms with Crippen LogP contribution in [0.3, 0.4) is 0 Å². The van der Waals surface area contributed by atoms with Gasteiger partial charge in [0.15, 0.2) is 0 Å². The number of carbonyl (C=O) groups excluding carboxylic acids is 2. The van der Waals surface area contributed by atoms with E-state index in [9.17, 15) is 14.7 Å². The first kappa shape index (κ1) is 15.8. The van der Waals surface area contributed by atoms with Gasteiger partial charge in [-0.05, 0) is 18.8 Å². The number of hydrogen-bond donors (Lipinski definition) is 4. The van der Waals surface area contributed by atoms with Crippen LogP contribution in [0.5, 0.6) is 0 Å². The molecule has 0 bridgehead atoms. The summed E-state index contributed by atoms with van der Waals surface area (Å²) in [5.74, 6) is -0.0740. The minimum Gasteiger partial charge on any atom is -0.396 e. The average molecular weight is 271 g/mol. The predicted octanol–water partition coefficient (Wildman–Crippen LogP) is 0.347. The van der Waals surface area contributed by atoms with Crippen molar-refractivity contribution in [2.45, 2.75) is 51.6 Å². The van der Waals surface area contributed by atoms with E-state index in [4.69, 9.17) is 5.73 Å². The molecule has 1 rings (SSSR count). The lowest BCUT2D eigenvalue weighted by Crippen LogP contribution is -2.54.